The Morgan fingerprint density at radius 1 is 1.04 bits per heavy atom. The zero-order valence-electron chi connectivity index (χ0n) is 15.0. The van der Waals surface area contributed by atoms with Gasteiger partial charge in [0.1, 0.15) is 5.60 Å². The van der Waals surface area contributed by atoms with Crippen molar-refractivity contribution in [3.05, 3.63) is 74.1 Å². The topological polar surface area (TPSA) is 78.4 Å². The van der Waals surface area contributed by atoms with Crippen LogP contribution in [-0.2, 0) is 15.2 Å². The second-order valence-corrected chi connectivity index (χ2v) is 7.98. The second-order valence-electron chi connectivity index (χ2n) is 6.25. The van der Waals surface area contributed by atoms with Crippen LogP contribution in [0.4, 0.5) is 5.69 Å². The van der Waals surface area contributed by atoms with Crippen molar-refractivity contribution in [1.82, 2.24) is 5.32 Å². The average molecular weight is 401 g/mol. The Bertz CT molecular complexity index is 880. The summed E-state index contributed by atoms with van der Waals surface area (Å²) in [7, 11) is 0. The van der Waals surface area contributed by atoms with E-state index in [1.165, 1.54) is 22.7 Å². The summed E-state index contributed by atoms with van der Waals surface area (Å²) in [5.74, 6) is -1.55. The summed E-state index contributed by atoms with van der Waals surface area (Å²) in [4.78, 5) is 25.3. The van der Waals surface area contributed by atoms with Gasteiger partial charge in [0.25, 0.3) is 0 Å². The Balaban J connectivity index is 1.72. The van der Waals surface area contributed by atoms with Crippen LogP contribution in [0.3, 0.4) is 0 Å². The number of carbonyl (C=O) groups excluding carboxylic acids is 2. The van der Waals surface area contributed by atoms with Crippen molar-refractivity contribution >= 4 is 40.2 Å². The number of anilines is 1. The number of benzene rings is 1. The van der Waals surface area contributed by atoms with E-state index in [0.29, 0.717) is 16.1 Å². The van der Waals surface area contributed by atoms with E-state index in [4.69, 9.17) is 0 Å². The lowest BCUT2D eigenvalue weighted by molar-refractivity contribution is -0.136. The Morgan fingerprint density at radius 2 is 1.78 bits per heavy atom. The summed E-state index contributed by atoms with van der Waals surface area (Å²) in [5, 5.41) is 22.0. The van der Waals surface area contributed by atoms with Crippen LogP contribution in [0, 0.1) is 13.8 Å². The fourth-order valence-corrected chi connectivity index (χ4v) is 4.39. The molecule has 0 bridgehead atoms. The van der Waals surface area contributed by atoms with E-state index in [-0.39, 0.29) is 6.54 Å². The number of aryl methyl sites for hydroxylation is 2. The summed E-state index contributed by atoms with van der Waals surface area (Å²) in [5.41, 5.74) is 1.70. The quantitative estimate of drug-likeness (QED) is 0.574. The third-order valence-corrected chi connectivity index (χ3v) is 6.06. The number of nitrogens with one attached hydrogen (secondary N) is 2. The molecule has 1 unspecified atom stereocenters. The summed E-state index contributed by atoms with van der Waals surface area (Å²) in [6.45, 7) is 3.64. The SMILES string of the molecule is Cc1cccc(C)c1NC(=O)C(=O)NCC(O)(c1ccsc1)c1cccs1. The predicted octanol–water partition coefficient (Wildman–Crippen LogP) is 3.42. The number of aliphatic hydroxyl groups is 1. The molecule has 0 aliphatic heterocycles. The first-order chi connectivity index (χ1) is 12.9. The van der Waals surface area contributed by atoms with Crippen molar-refractivity contribution in [3.8, 4) is 0 Å². The fourth-order valence-electron chi connectivity index (χ4n) is 2.82. The average Bonchev–Trinajstić information content (AvgIpc) is 3.36. The number of carbonyl (C=O) groups is 2. The van der Waals surface area contributed by atoms with Crippen molar-refractivity contribution < 1.29 is 14.7 Å². The van der Waals surface area contributed by atoms with Crippen molar-refractivity contribution in [3.63, 3.8) is 0 Å². The molecule has 7 heteroatoms. The normalized spacial score (nSPS) is 13.0. The van der Waals surface area contributed by atoms with Gasteiger partial charge in [-0.05, 0) is 53.2 Å². The van der Waals surface area contributed by atoms with Gasteiger partial charge in [-0.3, -0.25) is 9.59 Å². The number of thiophene rings is 2. The highest BCUT2D eigenvalue weighted by Gasteiger charge is 2.34. The number of hydrogen-bond acceptors (Lipinski definition) is 5. The highest BCUT2D eigenvalue weighted by molar-refractivity contribution is 7.10. The highest BCUT2D eigenvalue weighted by Crippen LogP contribution is 2.33. The van der Waals surface area contributed by atoms with E-state index in [2.05, 4.69) is 10.6 Å². The van der Waals surface area contributed by atoms with Crippen LogP contribution in [-0.4, -0.2) is 23.5 Å². The monoisotopic (exact) mass is 400 g/mol. The molecular weight excluding hydrogens is 380 g/mol. The van der Waals surface area contributed by atoms with Crippen molar-refractivity contribution in [1.29, 1.82) is 0 Å². The van der Waals surface area contributed by atoms with Gasteiger partial charge >= 0.3 is 11.8 Å². The lowest BCUT2D eigenvalue weighted by atomic mass is 9.94. The largest absolute Gasteiger partial charge is 0.378 e. The van der Waals surface area contributed by atoms with Crippen LogP contribution < -0.4 is 10.6 Å². The van der Waals surface area contributed by atoms with Gasteiger partial charge in [-0.2, -0.15) is 11.3 Å². The zero-order valence-corrected chi connectivity index (χ0v) is 16.6. The molecule has 2 amide bonds. The molecule has 2 heterocycles. The van der Waals surface area contributed by atoms with Crippen molar-refractivity contribution in [2.45, 2.75) is 19.4 Å². The molecule has 3 aromatic rings. The highest BCUT2D eigenvalue weighted by atomic mass is 32.1. The lowest BCUT2D eigenvalue weighted by Crippen LogP contribution is -2.44. The first-order valence-electron chi connectivity index (χ1n) is 8.36. The summed E-state index contributed by atoms with van der Waals surface area (Å²) in [6.07, 6.45) is 0. The molecule has 3 N–H and O–H groups in total. The molecule has 0 spiro atoms. The molecule has 5 nitrogen and oxygen atoms in total. The van der Waals surface area contributed by atoms with E-state index in [1.807, 2.05) is 66.4 Å². The molecular formula is C20H20N2O3S2. The minimum absolute atomic E-state index is 0.0940. The standard InChI is InChI=1S/C20H20N2O3S2/c1-13-5-3-6-14(2)17(13)22-19(24)18(23)21-12-20(25,15-8-10-26-11-15)16-7-4-9-27-16/h3-11,25H,12H2,1-2H3,(H,21,23)(H,22,24). The molecule has 0 aliphatic carbocycles. The van der Waals surface area contributed by atoms with Crippen LogP contribution in [0.2, 0.25) is 0 Å². The predicted molar refractivity (Wildman–Crippen MR) is 109 cm³/mol. The number of amides is 2. The maximum atomic E-state index is 12.3. The minimum Gasteiger partial charge on any atom is -0.378 e. The zero-order chi connectivity index (χ0) is 19.4. The summed E-state index contributed by atoms with van der Waals surface area (Å²) in [6, 6.07) is 11.1. The van der Waals surface area contributed by atoms with Crippen molar-refractivity contribution in [2.75, 3.05) is 11.9 Å². The molecule has 0 radical (unpaired) electrons. The fraction of sp³-hybridized carbons (Fsp3) is 0.200. The van der Waals surface area contributed by atoms with Gasteiger partial charge < -0.3 is 15.7 Å². The Kier molecular flexibility index (Phi) is 5.74. The Labute approximate surface area is 165 Å². The molecule has 0 saturated heterocycles. The smallest absolute Gasteiger partial charge is 0.313 e. The molecule has 140 valence electrons. The minimum atomic E-state index is -1.37. The van der Waals surface area contributed by atoms with Gasteiger partial charge in [0.05, 0.1) is 6.54 Å². The van der Waals surface area contributed by atoms with Crippen LogP contribution in [0.5, 0.6) is 0 Å². The number of para-hydroxylation sites is 1. The van der Waals surface area contributed by atoms with Gasteiger partial charge in [0.2, 0.25) is 0 Å². The maximum absolute atomic E-state index is 12.3. The van der Waals surface area contributed by atoms with E-state index in [1.54, 1.807) is 0 Å². The van der Waals surface area contributed by atoms with E-state index in [0.717, 1.165) is 11.1 Å². The number of hydrogen-bond donors (Lipinski definition) is 3. The molecule has 1 atom stereocenters. The van der Waals surface area contributed by atoms with Crippen LogP contribution >= 0.6 is 22.7 Å². The molecule has 3 rings (SSSR count). The Morgan fingerprint density at radius 3 is 2.37 bits per heavy atom. The third-order valence-electron chi connectivity index (χ3n) is 4.36. The van der Waals surface area contributed by atoms with E-state index < -0.39 is 17.4 Å². The Hall–Kier alpha value is -2.48. The van der Waals surface area contributed by atoms with Gasteiger partial charge in [0.15, 0.2) is 0 Å². The first kappa shape index (κ1) is 19.3. The van der Waals surface area contributed by atoms with Gasteiger partial charge in [-0.1, -0.05) is 24.3 Å². The molecule has 0 fully saturated rings. The molecule has 1 aromatic carbocycles. The van der Waals surface area contributed by atoms with Gasteiger partial charge in [0, 0.05) is 16.1 Å². The molecule has 27 heavy (non-hydrogen) atoms. The summed E-state index contributed by atoms with van der Waals surface area (Å²) < 4.78 is 0. The summed E-state index contributed by atoms with van der Waals surface area (Å²) >= 11 is 2.86. The van der Waals surface area contributed by atoms with Gasteiger partial charge in [-0.15, -0.1) is 11.3 Å². The van der Waals surface area contributed by atoms with Crippen LogP contribution in [0.25, 0.3) is 0 Å². The molecule has 2 aromatic heterocycles. The molecule has 0 aliphatic rings. The number of rotatable bonds is 5. The third kappa shape index (κ3) is 4.10. The van der Waals surface area contributed by atoms with E-state index in [9.17, 15) is 14.7 Å². The van der Waals surface area contributed by atoms with E-state index >= 15 is 0 Å². The van der Waals surface area contributed by atoms with Crippen molar-refractivity contribution in [2.24, 2.45) is 0 Å². The molecule has 0 saturated carbocycles. The first-order valence-corrected chi connectivity index (χ1v) is 10.2. The second kappa shape index (κ2) is 8.04. The van der Waals surface area contributed by atoms with Crippen LogP contribution in [0.1, 0.15) is 21.6 Å². The van der Waals surface area contributed by atoms with Gasteiger partial charge in [-0.25, -0.2) is 0 Å². The lowest BCUT2D eigenvalue weighted by Gasteiger charge is -2.26. The van der Waals surface area contributed by atoms with Crippen LogP contribution in [0.15, 0.2) is 52.5 Å². The maximum Gasteiger partial charge on any atom is 0.313 e.